The van der Waals surface area contributed by atoms with Crippen molar-refractivity contribution in [2.75, 3.05) is 0 Å². The Kier molecular flexibility index (Phi) is 2.12. The molecule has 1 unspecified atom stereocenters. The van der Waals surface area contributed by atoms with Gasteiger partial charge < -0.3 is 10.8 Å². The summed E-state index contributed by atoms with van der Waals surface area (Å²) < 4.78 is 0. The molecule has 0 aromatic heterocycles. The molecule has 0 aromatic carbocycles. The predicted octanol–water partition coefficient (Wildman–Crippen LogP) is 0.930. The molecule has 1 aliphatic carbocycles. The molecule has 10 heavy (non-hydrogen) atoms. The summed E-state index contributed by atoms with van der Waals surface area (Å²) in [5, 5.41) is 9.16. The molecule has 2 heteroatoms. The number of nitrogens with two attached hydrogens (primary N) is 1. The molecule has 0 radical (unpaired) electrons. The standard InChI is InChI=1S/C8H13NO/c1-6(10)7-4-2-3-5-8(7)9/h4-6,10H,2-3,9H2,1H3. The minimum atomic E-state index is -0.420. The van der Waals surface area contributed by atoms with Crippen molar-refractivity contribution in [3.05, 3.63) is 23.4 Å². The van der Waals surface area contributed by atoms with Gasteiger partial charge in [-0.1, -0.05) is 12.2 Å². The molecule has 3 N–H and O–H groups in total. The van der Waals surface area contributed by atoms with Gasteiger partial charge in [0.1, 0.15) is 0 Å². The Bertz CT molecular complexity index is 180. The van der Waals surface area contributed by atoms with Crippen molar-refractivity contribution in [2.24, 2.45) is 5.73 Å². The molecule has 0 bridgehead atoms. The van der Waals surface area contributed by atoms with Gasteiger partial charge in [0.05, 0.1) is 6.10 Å². The highest BCUT2D eigenvalue weighted by Gasteiger charge is 2.09. The van der Waals surface area contributed by atoms with Crippen molar-refractivity contribution in [1.29, 1.82) is 0 Å². The Labute approximate surface area is 61.0 Å². The summed E-state index contributed by atoms with van der Waals surface area (Å²) in [5.74, 6) is 0. The van der Waals surface area contributed by atoms with Crippen LogP contribution in [0.3, 0.4) is 0 Å². The molecule has 1 atom stereocenters. The maximum Gasteiger partial charge on any atom is 0.0778 e. The zero-order valence-electron chi connectivity index (χ0n) is 6.17. The third-order valence-corrected chi connectivity index (χ3v) is 1.68. The topological polar surface area (TPSA) is 46.2 Å². The maximum atomic E-state index is 9.16. The van der Waals surface area contributed by atoms with Crippen molar-refractivity contribution < 1.29 is 5.11 Å². The number of allylic oxidation sites excluding steroid dienone is 2. The minimum absolute atomic E-state index is 0.420. The van der Waals surface area contributed by atoms with E-state index in [0.717, 1.165) is 24.1 Å². The minimum Gasteiger partial charge on any atom is -0.399 e. The Hall–Kier alpha value is -0.760. The summed E-state index contributed by atoms with van der Waals surface area (Å²) in [7, 11) is 0. The number of hydrogen-bond donors (Lipinski definition) is 2. The molecule has 0 saturated heterocycles. The van der Waals surface area contributed by atoms with E-state index < -0.39 is 6.10 Å². The van der Waals surface area contributed by atoms with E-state index in [1.807, 2.05) is 12.2 Å². The van der Waals surface area contributed by atoms with Crippen molar-refractivity contribution in [2.45, 2.75) is 25.9 Å². The molecule has 56 valence electrons. The van der Waals surface area contributed by atoms with Gasteiger partial charge in [0, 0.05) is 5.70 Å². The summed E-state index contributed by atoms with van der Waals surface area (Å²) in [6.45, 7) is 1.73. The van der Waals surface area contributed by atoms with Crippen LogP contribution in [0.2, 0.25) is 0 Å². The highest BCUT2D eigenvalue weighted by Crippen LogP contribution is 2.17. The molecule has 2 nitrogen and oxygen atoms in total. The highest BCUT2D eigenvalue weighted by molar-refractivity contribution is 5.33. The zero-order valence-corrected chi connectivity index (χ0v) is 6.17. The van der Waals surface area contributed by atoms with E-state index in [9.17, 15) is 0 Å². The van der Waals surface area contributed by atoms with Crippen LogP contribution in [0.15, 0.2) is 23.4 Å². The lowest BCUT2D eigenvalue weighted by Gasteiger charge is -2.14. The van der Waals surface area contributed by atoms with Crippen LogP contribution in [0, 0.1) is 0 Å². The quantitative estimate of drug-likeness (QED) is 0.567. The average molecular weight is 139 g/mol. The van der Waals surface area contributed by atoms with E-state index in [2.05, 4.69) is 0 Å². The Morgan fingerprint density at radius 3 is 2.50 bits per heavy atom. The Morgan fingerprint density at radius 1 is 1.50 bits per heavy atom. The maximum absolute atomic E-state index is 9.16. The lowest BCUT2D eigenvalue weighted by atomic mass is 10.0. The Balaban J connectivity index is 2.74. The molecule has 0 fully saturated rings. The molecule has 0 saturated carbocycles. The van der Waals surface area contributed by atoms with Gasteiger partial charge in [0.25, 0.3) is 0 Å². The van der Waals surface area contributed by atoms with Gasteiger partial charge >= 0.3 is 0 Å². The van der Waals surface area contributed by atoms with Crippen LogP contribution in [-0.2, 0) is 0 Å². The predicted molar refractivity (Wildman–Crippen MR) is 41.3 cm³/mol. The van der Waals surface area contributed by atoms with E-state index >= 15 is 0 Å². The first-order chi connectivity index (χ1) is 4.72. The van der Waals surface area contributed by atoms with E-state index in [0.29, 0.717) is 0 Å². The lowest BCUT2D eigenvalue weighted by Crippen LogP contribution is -2.14. The fraction of sp³-hybridized carbons (Fsp3) is 0.500. The van der Waals surface area contributed by atoms with Gasteiger partial charge in [-0.05, 0) is 25.3 Å². The molecular weight excluding hydrogens is 126 g/mol. The lowest BCUT2D eigenvalue weighted by molar-refractivity contribution is 0.232. The van der Waals surface area contributed by atoms with Crippen LogP contribution in [0.25, 0.3) is 0 Å². The summed E-state index contributed by atoms with van der Waals surface area (Å²) in [4.78, 5) is 0. The second kappa shape index (κ2) is 2.88. The second-order valence-electron chi connectivity index (χ2n) is 2.57. The normalized spacial score (nSPS) is 21.4. The monoisotopic (exact) mass is 139 g/mol. The molecule has 1 rings (SSSR count). The van der Waals surface area contributed by atoms with Crippen LogP contribution in [0.4, 0.5) is 0 Å². The van der Waals surface area contributed by atoms with Gasteiger partial charge in [-0.15, -0.1) is 0 Å². The molecule has 0 amide bonds. The van der Waals surface area contributed by atoms with Crippen LogP contribution in [-0.4, -0.2) is 11.2 Å². The number of hydrogen-bond acceptors (Lipinski definition) is 2. The zero-order chi connectivity index (χ0) is 7.56. The van der Waals surface area contributed by atoms with Crippen molar-refractivity contribution in [1.82, 2.24) is 0 Å². The van der Waals surface area contributed by atoms with Crippen LogP contribution in [0.5, 0.6) is 0 Å². The molecular formula is C8H13NO. The van der Waals surface area contributed by atoms with Gasteiger partial charge in [-0.3, -0.25) is 0 Å². The van der Waals surface area contributed by atoms with Crippen molar-refractivity contribution >= 4 is 0 Å². The van der Waals surface area contributed by atoms with Gasteiger partial charge in [-0.25, -0.2) is 0 Å². The molecule has 0 heterocycles. The fourth-order valence-electron chi connectivity index (χ4n) is 1.13. The van der Waals surface area contributed by atoms with Crippen LogP contribution >= 0.6 is 0 Å². The third kappa shape index (κ3) is 1.39. The molecule has 0 spiro atoms. The molecule has 0 aliphatic heterocycles. The second-order valence-corrected chi connectivity index (χ2v) is 2.57. The fourth-order valence-corrected chi connectivity index (χ4v) is 1.13. The number of aliphatic hydroxyl groups is 1. The van der Waals surface area contributed by atoms with E-state index in [4.69, 9.17) is 10.8 Å². The van der Waals surface area contributed by atoms with Crippen LogP contribution < -0.4 is 5.73 Å². The van der Waals surface area contributed by atoms with E-state index in [-0.39, 0.29) is 0 Å². The summed E-state index contributed by atoms with van der Waals surface area (Å²) in [6.07, 6.45) is 5.54. The first-order valence-corrected chi connectivity index (χ1v) is 3.56. The third-order valence-electron chi connectivity index (χ3n) is 1.68. The highest BCUT2D eigenvalue weighted by atomic mass is 16.3. The average Bonchev–Trinajstić information content (AvgIpc) is 1.88. The van der Waals surface area contributed by atoms with Crippen molar-refractivity contribution in [3.8, 4) is 0 Å². The molecule has 0 aromatic rings. The molecule has 1 aliphatic rings. The van der Waals surface area contributed by atoms with Gasteiger partial charge in [-0.2, -0.15) is 0 Å². The summed E-state index contributed by atoms with van der Waals surface area (Å²) in [6, 6.07) is 0. The van der Waals surface area contributed by atoms with Crippen LogP contribution in [0.1, 0.15) is 19.8 Å². The number of aliphatic hydroxyl groups excluding tert-OH is 1. The first kappa shape index (κ1) is 7.35. The van der Waals surface area contributed by atoms with E-state index in [1.165, 1.54) is 0 Å². The smallest absolute Gasteiger partial charge is 0.0778 e. The summed E-state index contributed by atoms with van der Waals surface area (Å²) >= 11 is 0. The largest absolute Gasteiger partial charge is 0.399 e. The Morgan fingerprint density at radius 2 is 2.10 bits per heavy atom. The summed E-state index contributed by atoms with van der Waals surface area (Å²) in [5.41, 5.74) is 7.23. The van der Waals surface area contributed by atoms with Crippen molar-refractivity contribution in [3.63, 3.8) is 0 Å². The number of rotatable bonds is 1. The van der Waals surface area contributed by atoms with Gasteiger partial charge in [0.2, 0.25) is 0 Å². The SMILES string of the molecule is CC(O)C1=CCCC=C1N. The van der Waals surface area contributed by atoms with E-state index in [1.54, 1.807) is 6.92 Å². The van der Waals surface area contributed by atoms with Gasteiger partial charge in [0.15, 0.2) is 0 Å². The first-order valence-electron chi connectivity index (χ1n) is 3.56.